The topological polar surface area (TPSA) is 0 Å². The molecule has 0 aliphatic heterocycles. The van der Waals surface area contributed by atoms with Crippen molar-refractivity contribution >= 4 is 21.6 Å². The van der Waals surface area contributed by atoms with E-state index in [0.717, 1.165) is 0 Å². The van der Waals surface area contributed by atoms with E-state index in [4.69, 9.17) is 0 Å². The third-order valence-corrected chi connectivity index (χ3v) is 6.93. The van der Waals surface area contributed by atoms with E-state index in [1.807, 2.05) is 0 Å². The Morgan fingerprint density at radius 1 is 0.609 bits per heavy atom. The van der Waals surface area contributed by atoms with Crippen LogP contribution in [0.1, 0.15) is 90.9 Å². The highest BCUT2D eigenvalue weighted by atomic mass is 35.5. The van der Waals surface area contributed by atoms with Crippen molar-refractivity contribution in [1.82, 2.24) is 0 Å². The molecule has 0 aromatic rings. The predicted molar refractivity (Wildman–Crippen MR) is 109 cm³/mol. The molecule has 0 rings (SSSR count). The molecule has 0 aromatic heterocycles. The van der Waals surface area contributed by atoms with Crippen LogP contribution in [0, 0.1) is 0 Å². The van der Waals surface area contributed by atoms with Gasteiger partial charge in [0.2, 0.25) is 0 Å². The summed E-state index contributed by atoms with van der Waals surface area (Å²) in [4.78, 5) is 0. The SMILES string of the molecule is CCCCCCCCSSC[N+](C)(C)CCCCCCCC.[Cl-]. The summed E-state index contributed by atoms with van der Waals surface area (Å²) in [6.07, 6.45) is 17.0. The van der Waals surface area contributed by atoms with E-state index in [9.17, 15) is 0 Å². The molecule has 0 fully saturated rings. The van der Waals surface area contributed by atoms with Gasteiger partial charge >= 0.3 is 0 Å². The maximum Gasteiger partial charge on any atom is 0.135 e. The first-order valence-corrected chi connectivity index (χ1v) is 12.2. The summed E-state index contributed by atoms with van der Waals surface area (Å²) < 4.78 is 1.18. The van der Waals surface area contributed by atoms with Crippen LogP contribution in [0.15, 0.2) is 0 Å². The average Bonchev–Trinajstić information content (AvgIpc) is 2.49. The molecule has 0 saturated carbocycles. The first kappa shape index (κ1) is 26.2. The molecule has 0 atom stereocenters. The lowest BCUT2D eigenvalue weighted by atomic mass is 10.1. The summed E-state index contributed by atoms with van der Waals surface area (Å²) >= 11 is 0. The molecule has 4 heteroatoms. The molecule has 0 saturated heterocycles. The maximum absolute atomic E-state index is 2.39. The zero-order chi connectivity index (χ0) is 16.5. The minimum absolute atomic E-state index is 0. The Labute approximate surface area is 161 Å². The van der Waals surface area contributed by atoms with Crippen molar-refractivity contribution in [1.29, 1.82) is 0 Å². The second-order valence-corrected chi connectivity index (χ2v) is 9.82. The zero-order valence-corrected chi connectivity index (χ0v) is 18.6. The van der Waals surface area contributed by atoms with E-state index in [-0.39, 0.29) is 12.4 Å². The van der Waals surface area contributed by atoms with Crippen LogP contribution in [0.4, 0.5) is 0 Å². The van der Waals surface area contributed by atoms with Gasteiger partial charge in [-0.1, -0.05) is 82.4 Å². The van der Waals surface area contributed by atoms with Crippen molar-refractivity contribution in [3.8, 4) is 0 Å². The first-order valence-electron chi connectivity index (χ1n) is 9.69. The number of quaternary nitrogens is 1. The van der Waals surface area contributed by atoms with Crippen LogP contribution in [0.25, 0.3) is 0 Å². The van der Waals surface area contributed by atoms with Gasteiger partial charge in [0.05, 0.1) is 20.6 Å². The van der Waals surface area contributed by atoms with Gasteiger partial charge in [-0.25, -0.2) is 0 Å². The first-order chi connectivity index (χ1) is 10.6. The maximum atomic E-state index is 2.39. The fraction of sp³-hybridized carbons (Fsp3) is 1.00. The minimum Gasteiger partial charge on any atom is -1.00 e. The number of unbranched alkanes of at least 4 members (excludes halogenated alkanes) is 10. The highest BCUT2D eigenvalue weighted by molar-refractivity contribution is 8.76. The van der Waals surface area contributed by atoms with E-state index in [1.54, 1.807) is 0 Å². The van der Waals surface area contributed by atoms with Gasteiger partial charge in [0.25, 0.3) is 0 Å². The molecule has 142 valence electrons. The van der Waals surface area contributed by atoms with Gasteiger partial charge in [-0.2, -0.15) is 0 Å². The Hall–Kier alpha value is 0.950. The van der Waals surface area contributed by atoms with Gasteiger partial charge < -0.3 is 16.9 Å². The van der Waals surface area contributed by atoms with Crippen molar-refractivity contribution in [2.75, 3.05) is 32.3 Å². The van der Waals surface area contributed by atoms with Crippen LogP contribution < -0.4 is 12.4 Å². The third-order valence-electron chi connectivity index (χ3n) is 4.18. The molecule has 0 heterocycles. The van der Waals surface area contributed by atoms with E-state index >= 15 is 0 Å². The van der Waals surface area contributed by atoms with Crippen molar-refractivity contribution < 1.29 is 16.9 Å². The van der Waals surface area contributed by atoms with Crippen LogP contribution >= 0.6 is 21.6 Å². The van der Waals surface area contributed by atoms with Gasteiger partial charge in [0, 0.05) is 5.75 Å². The Balaban J connectivity index is 0. The van der Waals surface area contributed by atoms with Crippen LogP contribution in [0.3, 0.4) is 0 Å². The van der Waals surface area contributed by atoms with E-state index in [2.05, 4.69) is 49.5 Å². The molecule has 0 radical (unpaired) electrons. The van der Waals surface area contributed by atoms with Crippen LogP contribution in [0.2, 0.25) is 0 Å². The van der Waals surface area contributed by atoms with E-state index in [0.29, 0.717) is 0 Å². The van der Waals surface area contributed by atoms with Gasteiger partial charge in [-0.3, -0.25) is 0 Å². The molecule has 0 unspecified atom stereocenters. The normalized spacial score (nSPS) is 11.5. The van der Waals surface area contributed by atoms with Crippen molar-refractivity contribution in [3.63, 3.8) is 0 Å². The summed E-state index contributed by atoms with van der Waals surface area (Å²) in [5.41, 5.74) is 0. The molecule has 0 N–H and O–H groups in total. The average molecular weight is 384 g/mol. The summed E-state index contributed by atoms with van der Waals surface area (Å²) in [7, 11) is 8.97. The molecular formula is C19H42ClNS2. The predicted octanol–water partition coefficient (Wildman–Crippen LogP) is 4.13. The van der Waals surface area contributed by atoms with Crippen molar-refractivity contribution in [3.05, 3.63) is 0 Å². The highest BCUT2D eigenvalue weighted by Crippen LogP contribution is 2.26. The monoisotopic (exact) mass is 383 g/mol. The molecule has 0 bridgehead atoms. The smallest absolute Gasteiger partial charge is 0.135 e. The largest absolute Gasteiger partial charge is 1.00 e. The van der Waals surface area contributed by atoms with Crippen LogP contribution in [-0.4, -0.2) is 36.8 Å². The summed E-state index contributed by atoms with van der Waals surface area (Å²) in [5, 5.41) is 0. The Morgan fingerprint density at radius 3 is 1.65 bits per heavy atom. The van der Waals surface area contributed by atoms with Crippen LogP contribution in [0.5, 0.6) is 0 Å². The van der Waals surface area contributed by atoms with Crippen molar-refractivity contribution in [2.24, 2.45) is 0 Å². The quantitative estimate of drug-likeness (QED) is 0.160. The van der Waals surface area contributed by atoms with Gasteiger partial charge in [-0.05, 0) is 30.1 Å². The molecule has 0 amide bonds. The molecule has 0 aliphatic carbocycles. The van der Waals surface area contributed by atoms with Crippen molar-refractivity contribution in [2.45, 2.75) is 90.9 Å². The highest BCUT2D eigenvalue weighted by Gasteiger charge is 2.14. The molecule has 23 heavy (non-hydrogen) atoms. The lowest BCUT2D eigenvalue weighted by Crippen LogP contribution is -3.00. The Morgan fingerprint density at radius 2 is 1.09 bits per heavy atom. The number of hydrogen-bond acceptors (Lipinski definition) is 2. The molecule has 0 aromatic carbocycles. The van der Waals surface area contributed by atoms with Gasteiger partial charge in [0.15, 0.2) is 0 Å². The summed E-state index contributed by atoms with van der Waals surface area (Å²) in [5.74, 6) is 2.60. The number of halogens is 1. The summed E-state index contributed by atoms with van der Waals surface area (Å²) in [6, 6.07) is 0. The lowest BCUT2D eigenvalue weighted by Gasteiger charge is -2.29. The molecule has 0 aliphatic rings. The summed E-state index contributed by atoms with van der Waals surface area (Å²) in [6.45, 7) is 5.93. The zero-order valence-electron chi connectivity index (χ0n) is 16.2. The van der Waals surface area contributed by atoms with Gasteiger partial charge in [-0.15, -0.1) is 0 Å². The van der Waals surface area contributed by atoms with Gasteiger partial charge in [0.1, 0.15) is 5.88 Å². The lowest BCUT2D eigenvalue weighted by molar-refractivity contribution is -0.877. The standard InChI is InChI=1S/C19H42NS2.ClH/c1-5-7-9-11-13-15-17-20(3,4)19-22-21-18-16-14-12-10-8-6-2;/h5-19H2,1-4H3;1H/q+1;/p-1. The second kappa shape index (κ2) is 19.3. The molecular weight excluding hydrogens is 342 g/mol. The Bertz CT molecular complexity index is 225. The number of nitrogens with zero attached hydrogens (tertiary/aromatic N) is 1. The molecule has 0 spiro atoms. The van der Waals surface area contributed by atoms with E-state index in [1.165, 1.54) is 99.7 Å². The number of rotatable bonds is 17. The number of hydrogen-bond donors (Lipinski definition) is 0. The van der Waals surface area contributed by atoms with Crippen LogP contribution in [-0.2, 0) is 0 Å². The fourth-order valence-corrected chi connectivity index (χ4v) is 5.28. The third kappa shape index (κ3) is 20.9. The minimum atomic E-state index is 0. The second-order valence-electron chi connectivity index (χ2n) is 7.26. The van der Waals surface area contributed by atoms with E-state index < -0.39 is 0 Å². The molecule has 1 nitrogen and oxygen atoms in total. The fourth-order valence-electron chi connectivity index (χ4n) is 2.56. The Kier molecular flexibility index (Phi) is 21.9.